The van der Waals surface area contributed by atoms with Gasteiger partial charge in [-0.05, 0) is 40.4 Å². The van der Waals surface area contributed by atoms with Crippen molar-refractivity contribution in [2.24, 2.45) is 0 Å². The van der Waals surface area contributed by atoms with Crippen molar-refractivity contribution in [3.05, 3.63) is 44.5 Å². The van der Waals surface area contributed by atoms with E-state index in [-0.39, 0.29) is 5.56 Å². The number of nitrogens with one attached hydrogen (secondary N) is 1. The van der Waals surface area contributed by atoms with Crippen LogP contribution in [0.4, 0.5) is 0 Å². The Labute approximate surface area is 114 Å². The average molecular weight is 308 g/mol. The minimum Gasteiger partial charge on any atom is -0.306 e. The number of aromatic amines is 1. The van der Waals surface area contributed by atoms with Gasteiger partial charge in [-0.15, -0.1) is 0 Å². The second kappa shape index (κ2) is 5.44. The van der Waals surface area contributed by atoms with Gasteiger partial charge in [-0.1, -0.05) is 13.8 Å². The van der Waals surface area contributed by atoms with Gasteiger partial charge in [-0.3, -0.25) is 9.78 Å². The topological polar surface area (TPSA) is 58.6 Å². The molecule has 0 aliphatic heterocycles. The Morgan fingerprint density at radius 2 is 2.11 bits per heavy atom. The number of hydrogen-bond acceptors (Lipinski definition) is 3. The zero-order valence-corrected chi connectivity index (χ0v) is 11.9. The Hall–Kier alpha value is -1.49. The standard InChI is InChI=1S/C13H14BrN3O/c1-3-8-7-15-6-5-9(8)12-16-10(4-2)11(14)13(18)17-12/h5-7H,3-4H2,1-2H3,(H,16,17,18). The largest absolute Gasteiger partial charge is 0.306 e. The fraction of sp³-hybridized carbons (Fsp3) is 0.308. The highest BCUT2D eigenvalue weighted by Crippen LogP contribution is 2.20. The molecule has 94 valence electrons. The van der Waals surface area contributed by atoms with E-state index in [1.165, 1.54) is 0 Å². The molecule has 0 spiro atoms. The SMILES string of the molecule is CCc1cnccc1-c1nc(CC)c(Br)c(=O)[nH]1. The van der Waals surface area contributed by atoms with E-state index in [9.17, 15) is 4.79 Å². The minimum atomic E-state index is -0.143. The van der Waals surface area contributed by atoms with Crippen LogP contribution in [0.2, 0.25) is 0 Å². The van der Waals surface area contributed by atoms with Crippen LogP contribution in [-0.2, 0) is 12.8 Å². The molecule has 18 heavy (non-hydrogen) atoms. The van der Waals surface area contributed by atoms with E-state index < -0.39 is 0 Å². The molecule has 5 heteroatoms. The molecule has 0 aliphatic carbocycles. The first-order valence-electron chi connectivity index (χ1n) is 5.89. The third kappa shape index (κ3) is 2.36. The van der Waals surface area contributed by atoms with E-state index in [4.69, 9.17) is 0 Å². The monoisotopic (exact) mass is 307 g/mol. The lowest BCUT2D eigenvalue weighted by Crippen LogP contribution is -2.13. The van der Waals surface area contributed by atoms with E-state index in [0.29, 0.717) is 16.7 Å². The third-order valence-corrected chi connectivity index (χ3v) is 3.62. The average Bonchev–Trinajstić information content (AvgIpc) is 2.41. The fourth-order valence-corrected chi connectivity index (χ4v) is 2.28. The number of pyridine rings is 1. The minimum absolute atomic E-state index is 0.143. The van der Waals surface area contributed by atoms with Crippen LogP contribution < -0.4 is 5.56 Å². The summed E-state index contributed by atoms with van der Waals surface area (Å²) in [6, 6.07) is 1.88. The highest BCUT2D eigenvalue weighted by atomic mass is 79.9. The summed E-state index contributed by atoms with van der Waals surface area (Å²) >= 11 is 3.26. The van der Waals surface area contributed by atoms with Crippen molar-refractivity contribution in [2.75, 3.05) is 0 Å². The molecule has 0 radical (unpaired) electrons. The van der Waals surface area contributed by atoms with Gasteiger partial charge in [0.1, 0.15) is 10.3 Å². The molecule has 0 aliphatic rings. The maximum atomic E-state index is 11.8. The molecule has 2 aromatic rings. The predicted molar refractivity (Wildman–Crippen MR) is 74.5 cm³/mol. The number of aromatic nitrogens is 3. The lowest BCUT2D eigenvalue weighted by atomic mass is 10.1. The number of rotatable bonds is 3. The molecule has 0 amide bonds. The quantitative estimate of drug-likeness (QED) is 0.948. The van der Waals surface area contributed by atoms with Gasteiger partial charge in [0.25, 0.3) is 5.56 Å². The molecule has 1 N–H and O–H groups in total. The van der Waals surface area contributed by atoms with Crippen molar-refractivity contribution in [2.45, 2.75) is 26.7 Å². The van der Waals surface area contributed by atoms with Crippen LogP contribution >= 0.6 is 15.9 Å². The molecular formula is C13H14BrN3O. The Bertz CT molecular complexity index is 622. The summed E-state index contributed by atoms with van der Waals surface area (Å²) < 4.78 is 0.515. The third-order valence-electron chi connectivity index (χ3n) is 2.81. The van der Waals surface area contributed by atoms with Crippen LogP contribution in [0, 0.1) is 0 Å². The van der Waals surface area contributed by atoms with Crippen LogP contribution in [0.25, 0.3) is 11.4 Å². The Kier molecular flexibility index (Phi) is 3.91. The first kappa shape index (κ1) is 13.0. The number of hydrogen-bond donors (Lipinski definition) is 1. The Balaban J connectivity index is 2.64. The van der Waals surface area contributed by atoms with Crippen molar-refractivity contribution in [3.63, 3.8) is 0 Å². The molecular weight excluding hydrogens is 294 g/mol. The number of halogens is 1. The first-order valence-corrected chi connectivity index (χ1v) is 6.68. The highest BCUT2D eigenvalue weighted by molar-refractivity contribution is 9.10. The van der Waals surface area contributed by atoms with E-state index in [0.717, 1.165) is 23.2 Å². The van der Waals surface area contributed by atoms with Crippen molar-refractivity contribution in [3.8, 4) is 11.4 Å². The molecule has 0 saturated heterocycles. The molecule has 0 atom stereocenters. The fourth-order valence-electron chi connectivity index (χ4n) is 1.81. The zero-order chi connectivity index (χ0) is 13.1. The van der Waals surface area contributed by atoms with Gasteiger partial charge in [0.15, 0.2) is 0 Å². The molecule has 2 heterocycles. The number of H-pyrrole nitrogens is 1. The second-order valence-electron chi connectivity index (χ2n) is 3.92. The molecule has 2 aromatic heterocycles. The molecule has 4 nitrogen and oxygen atoms in total. The van der Waals surface area contributed by atoms with Gasteiger partial charge >= 0.3 is 0 Å². The zero-order valence-electron chi connectivity index (χ0n) is 10.3. The van der Waals surface area contributed by atoms with Gasteiger partial charge in [-0.2, -0.15) is 0 Å². The lowest BCUT2D eigenvalue weighted by Gasteiger charge is -2.08. The van der Waals surface area contributed by atoms with Crippen molar-refractivity contribution in [1.82, 2.24) is 15.0 Å². The summed E-state index contributed by atoms with van der Waals surface area (Å²) in [5.41, 5.74) is 2.64. The molecule has 2 rings (SSSR count). The smallest absolute Gasteiger partial charge is 0.265 e. The van der Waals surface area contributed by atoms with Crippen LogP contribution in [0.5, 0.6) is 0 Å². The summed E-state index contributed by atoms with van der Waals surface area (Å²) in [6.07, 6.45) is 5.08. The van der Waals surface area contributed by atoms with Gasteiger partial charge in [-0.25, -0.2) is 4.98 Å². The Morgan fingerprint density at radius 3 is 2.78 bits per heavy atom. The van der Waals surface area contributed by atoms with Gasteiger partial charge < -0.3 is 4.98 Å². The molecule has 0 aromatic carbocycles. The summed E-state index contributed by atoms with van der Waals surface area (Å²) in [6.45, 7) is 4.03. The van der Waals surface area contributed by atoms with Gasteiger partial charge in [0.05, 0.1) is 5.69 Å². The summed E-state index contributed by atoms with van der Waals surface area (Å²) in [5, 5.41) is 0. The maximum absolute atomic E-state index is 11.8. The van der Waals surface area contributed by atoms with Crippen LogP contribution in [0.3, 0.4) is 0 Å². The number of aryl methyl sites for hydroxylation is 2. The van der Waals surface area contributed by atoms with Crippen molar-refractivity contribution in [1.29, 1.82) is 0 Å². The second-order valence-corrected chi connectivity index (χ2v) is 4.71. The van der Waals surface area contributed by atoms with E-state index in [1.54, 1.807) is 6.20 Å². The van der Waals surface area contributed by atoms with Crippen LogP contribution in [0.1, 0.15) is 25.1 Å². The molecule has 0 fully saturated rings. The maximum Gasteiger partial charge on any atom is 0.265 e. The highest BCUT2D eigenvalue weighted by Gasteiger charge is 2.11. The van der Waals surface area contributed by atoms with Crippen molar-refractivity contribution < 1.29 is 0 Å². The first-order chi connectivity index (χ1) is 8.67. The summed E-state index contributed by atoms with van der Waals surface area (Å²) in [4.78, 5) is 23.2. The summed E-state index contributed by atoms with van der Waals surface area (Å²) in [5.74, 6) is 0.610. The van der Waals surface area contributed by atoms with Gasteiger partial charge in [0.2, 0.25) is 0 Å². The van der Waals surface area contributed by atoms with E-state index in [2.05, 4.69) is 37.8 Å². The normalized spacial score (nSPS) is 10.6. The molecule has 0 saturated carbocycles. The van der Waals surface area contributed by atoms with E-state index in [1.807, 2.05) is 19.2 Å². The lowest BCUT2D eigenvalue weighted by molar-refractivity contribution is 0.964. The number of nitrogens with zero attached hydrogens (tertiary/aromatic N) is 2. The van der Waals surface area contributed by atoms with E-state index >= 15 is 0 Å². The summed E-state index contributed by atoms with van der Waals surface area (Å²) in [7, 11) is 0. The van der Waals surface area contributed by atoms with Crippen LogP contribution in [0.15, 0.2) is 27.7 Å². The predicted octanol–water partition coefficient (Wildman–Crippen LogP) is 2.72. The van der Waals surface area contributed by atoms with Crippen LogP contribution in [-0.4, -0.2) is 15.0 Å². The Morgan fingerprint density at radius 1 is 1.33 bits per heavy atom. The molecule has 0 unspecified atom stereocenters. The molecule has 0 bridgehead atoms. The van der Waals surface area contributed by atoms with Gasteiger partial charge in [0, 0.05) is 18.0 Å². The van der Waals surface area contributed by atoms with Crippen molar-refractivity contribution >= 4 is 15.9 Å².